The Balaban J connectivity index is 1.69. The third-order valence-electron chi connectivity index (χ3n) is 5.29. The van der Waals surface area contributed by atoms with Gasteiger partial charge in [-0.15, -0.1) is 0 Å². The number of anilines is 1. The van der Waals surface area contributed by atoms with Crippen LogP contribution in [-0.2, 0) is 21.2 Å². The first-order valence-corrected chi connectivity index (χ1v) is 11.2. The van der Waals surface area contributed by atoms with Crippen LogP contribution in [-0.4, -0.2) is 39.4 Å². The Morgan fingerprint density at radius 2 is 1.50 bits per heavy atom. The highest BCUT2D eigenvalue weighted by Gasteiger charge is 2.21. The largest absolute Gasteiger partial charge is 0.342 e. The standard InChI is InChI=1S/C22H28N2O3S/c1-18-7-13-21(14-8-18)28(26,27)23(2)20-11-9-19(10-12-20)17-22(25)24-15-5-3-4-6-16-24/h7-14H,3-6,15-17H2,1-2H3. The minimum absolute atomic E-state index is 0.148. The lowest BCUT2D eigenvalue weighted by molar-refractivity contribution is -0.130. The van der Waals surface area contributed by atoms with E-state index in [2.05, 4.69) is 0 Å². The first-order valence-electron chi connectivity index (χ1n) is 9.80. The molecule has 0 aromatic heterocycles. The van der Waals surface area contributed by atoms with Crippen LogP contribution in [0.1, 0.15) is 36.8 Å². The second-order valence-electron chi connectivity index (χ2n) is 7.42. The van der Waals surface area contributed by atoms with Gasteiger partial charge in [0.05, 0.1) is 17.0 Å². The van der Waals surface area contributed by atoms with E-state index in [-0.39, 0.29) is 10.8 Å². The number of sulfonamides is 1. The van der Waals surface area contributed by atoms with Gasteiger partial charge >= 0.3 is 0 Å². The lowest BCUT2D eigenvalue weighted by Gasteiger charge is -2.21. The predicted octanol–water partition coefficient (Wildman–Crippen LogP) is 3.77. The summed E-state index contributed by atoms with van der Waals surface area (Å²) in [5.41, 5.74) is 2.49. The smallest absolute Gasteiger partial charge is 0.264 e. The molecule has 0 atom stereocenters. The van der Waals surface area contributed by atoms with Crippen LogP contribution < -0.4 is 4.31 Å². The van der Waals surface area contributed by atoms with Crippen molar-refractivity contribution in [3.05, 3.63) is 59.7 Å². The molecule has 6 heteroatoms. The number of nitrogens with zero attached hydrogens (tertiary/aromatic N) is 2. The molecule has 1 fully saturated rings. The fraction of sp³-hybridized carbons (Fsp3) is 0.409. The van der Waals surface area contributed by atoms with Gasteiger partial charge in [-0.05, 0) is 49.6 Å². The molecule has 2 aromatic rings. The zero-order valence-corrected chi connectivity index (χ0v) is 17.4. The van der Waals surface area contributed by atoms with Gasteiger partial charge in [-0.1, -0.05) is 42.7 Å². The van der Waals surface area contributed by atoms with E-state index >= 15 is 0 Å². The Labute approximate surface area is 168 Å². The van der Waals surface area contributed by atoms with Gasteiger partial charge in [0.25, 0.3) is 10.0 Å². The maximum atomic E-state index is 12.8. The number of aryl methyl sites for hydroxylation is 1. The Hall–Kier alpha value is -2.34. The number of hydrogen-bond acceptors (Lipinski definition) is 3. The quantitative estimate of drug-likeness (QED) is 0.768. The Morgan fingerprint density at radius 1 is 0.929 bits per heavy atom. The van der Waals surface area contributed by atoms with Crippen LogP contribution in [0.25, 0.3) is 0 Å². The van der Waals surface area contributed by atoms with Crippen LogP contribution in [0.15, 0.2) is 53.4 Å². The van der Waals surface area contributed by atoms with Crippen LogP contribution in [0.5, 0.6) is 0 Å². The molecule has 1 aliphatic rings. The molecule has 2 aromatic carbocycles. The minimum Gasteiger partial charge on any atom is -0.342 e. The topological polar surface area (TPSA) is 57.7 Å². The van der Waals surface area contributed by atoms with Crippen molar-refractivity contribution in [2.24, 2.45) is 0 Å². The summed E-state index contributed by atoms with van der Waals surface area (Å²) < 4.78 is 26.9. The van der Waals surface area contributed by atoms with E-state index < -0.39 is 10.0 Å². The summed E-state index contributed by atoms with van der Waals surface area (Å²) in [6, 6.07) is 14.0. The third-order valence-corrected chi connectivity index (χ3v) is 7.09. The van der Waals surface area contributed by atoms with E-state index in [1.165, 1.54) is 17.1 Å². The number of hydrogen-bond donors (Lipinski definition) is 0. The van der Waals surface area contributed by atoms with E-state index in [0.29, 0.717) is 12.1 Å². The second-order valence-corrected chi connectivity index (χ2v) is 9.39. The molecular formula is C22H28N2O3S. The lowest BCUT2D eigenvalue weighted by atomic mass is 10.1. The van der Waals surface area contributed by atoms with E-state index in [4.69, 9.17) is 0 Å². The molecule has 28 heavy (non-hydrogen) atoms. The third kappa shape index (κ3) is 4.73. The summed E-state index contributed by atoms with van der Waals surface area (Å²) in [5.74, 6) is 0.148. The van der Waals surface area contributed by atoms with E-state index in [1.807, 2.05) is 24.0 Å². The minimum atomic E-state index is -3.61. The van der Waals surface area contributed by atoms with Gasteiger partial charge in [-0.2, -0.15) is 0 Å². The van der Waals surface area contributed by atoms with Crippen molar-refractivity contribution in [1.82, 2.24) is 4.90 Å². The average molecular weight is 401 g/mol. The van der Waals surface area contributed by atoms with E-state index in [0.717, 1.165) is 37.1 Å². The van der Waals surface area contributed by atoms with Crippen molar-refractivity contribution < 1.29 is 13.2 Å². The molecule has 1 saturated heterocycles. The van der Waals surface area contributed by atoms with Crippen LogP contribution in [0.3, 0.4) is 0 Å². The molecule has 0 spiro atoms. The molecule has 0 radical (unpaired) electrons. The van der Waals surface area contributed by atoms with Crippen LogP contribution in [0.4, 0.5) is 5.69 Å². The molecule has 0 unspecified atom stereocenters. The highest BCUT2D eigenvalue weighted by Crippen LogP contribution is 2.23. The lowest BCUT2D eigenvalue weighted by Crippen LogP contribution is -2.33. The van der Waals surface area contributed by atoms with Gasteiger partial charge in [0.1, 0.15) is 0 Å². The van der Waals surface area contributed by atoms with Gasteiger partial charge in [-0.25, -0.2) is 8.42 Å². The number of rotatable bonds is 5. The van der Waals surface area contributed by atoms with Gasteiger partial charge in [0.15, 0.2) is 0 Å². The molecule has 0 saturated carbocycles. The molecule has 0 aliphatic carbocycles. The van der Waals surface area contributed by atoms with E-state index in [9.17, 15) is 13.2 Å². The van der Waals surface area contributed by atoms with Gasteiger partial charge in [0.2, 0.25) is 5.91 Å². The summed E-state index contributed by atoms with van der Waals surface area (Å²) in [4.78, 5) is 14.7. The van der Waals surface area contributed by atoms with Crippen molar-refractivity contribution in [2.45, 2.75) is 43.9 Å². The molecule has 150 valence electrons. The van der Waals surface area contributed by atoms with Crippen molar-refractivity contribution in [2.75, 3.05) is 24.4 Å². The van der Waals surface area contributed by atoms with Gasteiger partial charge < -0.3 is 4.90 Å². The first-order chi connectivity index (χ1) is 13.4. The molecule has 0 N–H and O–H groups in total. The Kier molecular flexibility index (Phi) is 6.39. The molecule has 0 bridgehead atoms. The summed E-state index contributed by atoms with van der Waals surface area (Å²) in [7, 11) is -2.06. The molecule has 1 aliphatic heterocycles. The second kappa shape index (κ2) is 8.78. The number of amides is 1. The SMILES string of the molecule is Cc1ccc(S(=O)(=O)N(C)c2ccc(CC(=O)N3CCCCCC3)cc2)cc1. The maximum absolute atomic E-state index is 12.8. The van der Waals surface area contributed by atoms with Crippen LogP contribution in [0.2, 0.25) is 0 Å². The first kappa shape index (κ1) is 20.4. The molecule has 3 rings (SSSR count). The predicted molar refractivity (Wildman–Crippen MR) is 112 cm³/mol. The summed E-state index contributed by atoms with van der Waals surface area (Å²) in [5, 5.41) is 0. The summed E-state index contributed by atoms with van der Waals surface area (Å²) in [6.07, 6.45) is 4.90. The average Bonchev–Trinajstić information content (AvgIpc) is 2.98. The highest BCUT2D eigenvalue weighted by molar-refractivity contribution is 7.92. The van der Waals surface area contributed by atoms with Crippen molar-refractivity contribution in [3.8, 4) is 0 Å². The van der Waals surface area contributed by atoms with Gasteiger partial charge in [-0.3, -0.25) is 9.10 Å². The number of carbonyl (C=O) groups excluding carboxylic acids is 1. The number of likely N-dealkylation sites (tertiary alicyclic amines) is 1. The van der Waals surface area contributed by atoms with E-state index in [1.54, 1.807) is 43.4 Å². The Morgan fingerprint density at radius 3 is 2.07 bits per heavy atom. The monoisotopic (exact) mass is 400 g/mol. The molecule has 1 heterocycles. The van der Waals surface area contributed by atoms with Gasteiger partial charge in [0, 0.05) is 20.1 Å². The summed E-state index contributed by atoms with van der Waals surface area (Å²) in [6.45, 7) is 3.61. The molecule has 5 nitrogen and oxygen atoms in total. The number of benzene rings is 2. The van der Waals surface area contributed by atoms with Crippen LogP contribution >= 0.6 is 0 Å². The van der Waals surface area contributed by atoms with Crippen molar-refractivity contribution >= 4 is 21.6 Å². The van der Waals surface area contributed by atoms with Crippen molar-refractivity contribution in [1.29, 1.82) is 0 Å². The maximum Gasteiger partial charge on any atom is 0.264 e. The highest BCUT2D eigenvalue weighted by atomic mass is 32.2. The number of carbonyl (C=O) groups is 1. The normalized spacial score (nSPS) is 15.1. The fourth-order valence-electron chi connectivity index (χ4n) is 3.44. The Bertz CT molecular complexity index is 898. The van der Waals surface area contributed by atoms with Crippen LogP contribution in [0, 0.1) is 6.92 Å². The zero-order chi connectivity index (χ0) is 20.1. The zero-order valence-electron chi connectivity index (χ0n) is 16.6. The fourth-order valence-corrected chi connectivity index (χ4v) is 4.63. The summed E-state index contributed by atoms with van der Waals surface area (Å²) >= 11 is 0. The molecular weight excluding hydrogens is 372 g/mol. The van der Waals surface area contributed by atoms with Crippen molar-refractivity contribution in [3.63, 3.8) is 0 Å². The molecule has 1 amide bonds.